The Morgan fingerprint density at radius 1 is 1.34 bits per heavy atom. The van der Waals surface area contributed by atoms with E-state index in [9.17, 15) is 4.79 Å². The lowest BCUT2D eigenvalue weighted by Crippen LogP contribution is -2.47. The summed E-state index contributed by atoms with van der Waals surface area (Å²) < 4.78 is 4.35. The molecule has 1 aliphatic heterocycles. The van der Waals surface area contributed by atoms with Crippen LogP contribution in [0, 0.1) is 5.92 Å². The number of carbonyl (C=O) groups is 1. The minimum atomic E-state index is -0.250. The molecule has 0 radical (unpaired) electrons. The maximum Gasteiger partial charge on any atom is 0.237 e. The van der Waals surface area contributed by atoms with Gasteiger partial charge in [-0.3, -0.25) is 10.1 Å². The number of aryl methyl sites for hydroxylation is 1. The highest BCUT2D eigenvalue weighted by atomic mass is 16.2. The molecule has 0 fully saturated rings. The zero-order valence-electron chi connectivity index (χ0n) is 19.9. The average molecular weight is 437 g/mol. The van der Waals surface area contributed by atoms with Gasteiger partial charge in [0.25, 0.3) is 0 Å². The molecular formula is C25H36N6O. The highest BCUT2D eigenvalue weighted by molar-refractivity contribution is 5.90. The second-order valence-electron chi connectivity index (χ2n) is 9.68. The van der Waals surface area contributed by atoms with Crippen LogP contribution < -0.4 is 10.6 Å². The lowest BCUT2D eigenvalue weighted by molar-refractivity contribution is -0.123. The summed E-state index contributed by atoms with van der Waals surface area (Å²) in [5.41, 5.74) is 3.74. The van der Waals surface area contributed by atoms with Crippen molar-refractivity contribution in [3.05, 3.63) is 53.7 Å². The van der Waals surface area contributed by atoms with E-state index in [2.05, 4.69) is 67.9 Å². The highest BCUT2D eigenvalue weighted by Gasteiger charge is 2.30. The maximum atomic E-state index is 13.1. The van der Waals surface area contributed by atoms with Crippen LogP contribution in [0.4, 0.5) is 0 Å². The molecule has 7 heteroatoms. The molecule has 1 aliphatic rings. The minimum Gasteiger partial charge on any atom is -0.353 e. The normalized spacial score (nSPS) is 18.5. The number of nitrogens with zero attached hydrogens (tertiary/aromatic N) is 4. The largest absolute Gasteiger partial charge is 0.353 e. The summed E-state index contributed by atoms with van der Waals surface area (Å²) in [5.74, 6) is 1.63. The number of nitrogens with one attached hydrogen (secondary N) is 2. The molecule has 0 bridgehead atoms. The van der Waals surface area contributed by atoms with Crippen LogP contribution in [0.2, 0.25) is 0 Å². The van der Waals surface area contributed by atoms with Crippen molar-refractivity contribution in [1.82, 2.24) is 29.7 Å². The molecule has 2 N–H and O–H groups in total. The fraction of sp³-hybridized carbons (Fsp3) is 0.520. The van der Waals surface area contributed by atoms with Crippen molar-refractivity contribution < 1.29 is 4.79 Å². The summed E-state index contributed by atoms with van der Waals surface area (Å²) in [4.78, 5) is 19.7. The van der Waals surface area contributed by atoms with E-state index in [1.807, 2.05) is 33.5 Å². The number of carbonyl (C=O) groups excluding carboxylic acids is 1. The van der Waals surface area contributed by atoms with Crippen LogP contribution in [-0.4, -0.2) is 58.2 Å². The Balaban J connectivity index is 1.70. The number of hydrogen-bond acceptors (Lipinski definition) is 4. The molecule has 3 aromatic rings. The lowest BCUT2D eigenvalue weighted by Gasteiger charge is -2.25. The fourth-order valence-corrected chi connectivity index (χ4v) is 4.72. The van der Waals surface area contributed by atoms with E-state index in [1.54, 1.807) is 0 Å². The predicted molar refractivity (Wildman–Crippen MR) is 129 cm³/mol. The van der Waals surface area contributed by atoms with Gasteiger partial charge in [0, 0.05) is 55.7 Å². The van der Waals surface area contributed by atoms with Crippen LogP contribution >= 0.6 is 0 Å². The van der Waals surface area contributed by atoms with Crippen LogP contribution in [0.15, 0.2) is 36.8 Å². The predicted octanol–water partition coefficient (Wildman–Crippen LogP) is 2.70. The van der Waals surface area contributed by atoms with E-state index < -0.39 is 0 Å². The molecule has 0 saturated heterocycles. The van der Waals surface area contributed by atoms with E-state index >= 15 is 0 Å². The number of rotatable bonds is 8. The van der Waals surface area contributed by atoms with Crippen LogP contribution in [0.25, 0.3) is 10.9 Å². The van der Waals surface area contributed by atoms with Crippen molar-refractivity contribution in [1.29, 1.82) is 0 Å². The molecule has 1 amide bonds. The Bertz CT molecular complexity index is 1080. The van der Waals surface area contributed by atoms with Crippen molar-refractivity contribution in [2.24, 2.45) is 13.0 Å². The maximum absolute atomic E-state index is 13.1. The quantitative estimate of drug-likeness (QED) is 0.570. The summed E-state index contributed by atoms with van der Waals surface area (Å²) in [6.07, 6.45) is 7.72. The third-order valence-corrected chi connectivity index (χ3v) is 6.33. The summed E-state index contributed by atoms with van der Waals surface area (Å²) in [6.45, 7) is 6.68. The van der Waals surface area contributed by atoms with Gasteiger partial charge in [-0.1, -0.05) is 26.0 Å². The molecule has 3 heterocycles. The van der Waals surface area contributed by atoms with Crippen molar-refractivity contribution in [2.75, 3.05) is 27.2 Å². The van der Waals surface area contributed by atoms with E-state index in [-0.39, 0.29) is 18.0 Å². The zero-order valence-corrected chi connectivity index (χ0v) is 19.9. The highest BCUT2D eigenvalue weighted by Crippen LogP contribution is 2.36. The Morgan fingerprint density at radius 3 is 2.84 bits per heavy atom. The average Bonchev–Trinajstić information content (AvgIpc) is 3.25. The molecular weight excluding hydrogens is 400 g/mol. The van der Waals surface area contributed by atoms with E-state index in [0.29, 0.717) is 25.4 Å². The van der Waals surface area contributed by atoms with Gasteiger partial charge in [-0.2, -0.15) is 0 Å². The first-order valence-corrected chi connectivity index (χ1v) is 11.6. The second kappa shape index (κ2) is 9.46. The molecule has 0 aliphatic carbocycles. The molecule has 2 atom stereocenters. The van der Waals surface area contributed by atoms with E-state index in [0.717, 1.165) is 18.8 Å². The molecule has 2 unspecified atom stereocenters. The molecule has 1 aromatic carbocycles. The van der Waals surface area contributed by atoms with Gasteiger partial charge in [0.15, 0.2) is 0 Å². The van der Waals surface area contributed by atoms with Crippen LogP contribution in [-0.2, 0) is 24.8 Å². The third kappa shape index (κ3) is 4.74. The topological polar surface area (TPSA) is 67.1 Å². The lowest BCUT2D eigenvalue weighted by atomic mass is 9.94. The second-order valence-corrected chi connectivity index (χ2v) is 9.68. The number of benzene rings is 1. The molecule has 172 valence electrons. The Hall–Kier alpha value is -2.64. The summed E-state index contributed by atoms with van der Waals surface area (Å²) in [6, 6.07) is 6.45. The summed E-state index contributed by atoms with van der Waals surface area (Å²) >= 11 is 0. The van der Waals surface area contributed by atoms with Crippen molar-refractivity contribution in [3.63, 3.8) is 0 Å². The van der Waals surface area contributed by atoms with Gasteiger partial charge in [-0.15, -0.1) is 0 Å². The van der Waals surface area contributed by atoms with Gasteiger partial charge in [0.2, 0.25) is 5.91 Å². The zero-order chi connectivity index (χ0) is 22.8. The smallest absolute Gasteiger partial charge is 0.237 e. The van der Waals surface area contributed by atoms with E-state index in [4.69, 9.17) is 0 Å². The Morgan fingerprint density at radius 2 is 2.16 bits per heavy atom. The fourth-order valence-electron chi connectivity index (χ4n) is 4.72. The SMILES string of the molecule is CC(C)CC1NC(C(=O)NCCN(C)C)Cc2cn(Cc3nccn3C)c3cccc1c23. The minimum absolute atomic E-state index is 0.0819. The number of hydrogen-bond donors (Lipinski definition) is 2. The summed E-state index contributed by atoms with van der Waals surface area (Å²) in [5, 5.41) is 8.13. The van der Waals surface area contributed by atoms with Gasteiger partial charge in [-0.25, -0.2) is 4.98 Å². The number of amides is 1. The van der Waals surface area contributed by atoms with Gasteiger partial charge in [-0.05, 0) is 50.0 Å². The van der Waals surface area contributed by atoms with E-state index in [1.165, 1.54) is 22.0 Å². The first-order chi connectivity index (χ1) is 15.3. The van der Waals surface area contributed by atoms with Crippen molar-refractivity contribution >= 4 is 16.8 Å². The standard InChI is InChI=1S/C25H36N6O/c1-17(2)13-20-19-7-6-8-22-24(19)18(15-31(22)16-23-26-10-12-30(23)5)14-21(28-20)25(32)27-9-11-29(3)4/h6-8,10,12,15,17,20-21,28H,9,11,13-14,16H2,1-5H3,(H,27,32). The Kier molecular flexibility index (Phi) is 6.67. The van der Waals surface area contributed by atoms with Gasteiger partial charge >= 0.3 is 0 Å². The first kappa shape index (κ1) is 22.6. The summed E-state index contributed by atoms with van der Waals surface area (Å²) in [7, 11) is 6.07. The first-order valence-electron chi connectivity index (χ1n) is 11.6. The molecule has 7 nitrogen and oxygen atoms in total. The monoisotopic (exact) mass is 436 g/mol. The molecule has 2 aromatic heterocycles. The Labute approximate surface area is 190 Å². The third-order valence-electron chi connectivity index (χ3n) is 6.33. The van der Waals surface area contributed by atoms with Crippen LogP contribution in [0.3, 0.4) is 0 Å². The van der Waals surface area contributed by atoms with Crippen molar-refractivity contribution in [3.8, 4) is 0 Å². The molecule has 32 heavy (non-hydrogen) atoms. The van der Waals surface area contributed by atoms with Gasteiger partial charge in [0.1, 0.15) is 5.82 Å². The van der Waals surface area contributed by atoms with Crippen molar-refractivity contribution in [2.45, 2.75) is 45.3 Å². The molecule has 0 spiro atoms. The number of aromatic nitrogens is 3. The molecule has 4 rings (SSSR count). The van der Waals surface area contributed by atoms with Crippen LogP contribution in [0.5, 0.6) is 0 Å². The van der Waals surface area contributed by atoms with Gasteiger partial charge < -0.3 is 19.4 Å². The van der Waals surface area contributed by atoms with Gasteiger partial charge in [0.05, 0.1) is 12.6 Å². The number of imidazole rings is 1. The van der Waals surface area contributed by atoms with Crippen LogP contribution in [0.1, 0.15) is 43.3 Å². The number of likely N-dealkylation sites (N-methyl/N-ethyl adjacent to an activating group) is 1. The molecule has 0 saturated carbocycles.